The zero-order valence-corrected chi connectivity index (χ0v) is 16.6. The van der Waals surface area contributed by atoms with E-state index >= 15 is 0 Å². The van der Waals surface area contributed by atoms with Crippen LogP contribution in [0.2, 0.25) is 0 Å². The quantitative estimate of drug-likeness (QED) is 0.369. The lowest BCUT2D eigenvalue weighted by molar-refractivity contribution is -0.116. The van der Waals surface area contributed by atoms with E-state index in [4.69, 9.17) is 0 Å². The van der Waals surface area contributed by atoms with Crippen molar-refractivity contribution in [3.63, 3.8) is 0 Å². The summed E-state index contributed by atoms with van der Waals surface area (Å²) in [7, 11) is 0. The molecule has 2 aromatic carbocycles. The van der Waals surface area contributed by atoms with Crippen LogP contribution in [0.5, 0.6) is 0 Å². The Morgan fingerprint density at radius 2 is 1.71 bits per heavy atom. The fraction of sp³-hybridized carbons (Fsp3) is 0.130. The normalized spacial score (nSPS) is 10.7. The second-order valence-electron chi connectivity index (χ2n) is 7.13. The number of fused-ring (bicyclic) bond motifs is 1. The highest BCUT2D eigenvalue weighted by Crippen LogP contribution is 2.15. The van der Waals surface area contributed by atoms with Gasteiger partial charge < -0.3 is 20.6 Å². The Morgan fingerprint density at radius 3 is 2.48 bits per heavy atom. The summed E-state index contributed by atoms with van der Waals surface area (Å²) in [6.45, 7) is 0. The van der Waals surface area contributed by atoms with Gasteiger partial charge in [0.2, 0.25) is 5.91 Å². The number of carbonyl (C=O) groups excluding carboxylic acids is 2. The number of hydrogen-bond donors (Lipinski definition) is 4. The third kappa shape index (κ3) is 5.24. The highest BCUT2D eigenvalue weighted by Gasteiger charge is 2.08. The van der Waals surface area contributed by atoms with E-state index in [1.807, 2.05) is 18.2 Å². The number of H-pyrrole nitrogens is 2. The molecule has 0 aliphatic heterocycles. The maximum atomic E-state index is 12.3. The number of aromatic amines is 2. The van der Waals surface area contributed by atoms with Crippen molar-refractivity contribution in [2.24, 2.45) is 0 Å². The van der Waals surface area contributed by atoms with Gasteiger partial charge in [-0.05, 0) is 66.9 Å². The number of aryl methyl sites for hydroxylation is 1. The van der Waals surface area contributed by atoms with Crippen LogP contribution in [0.25, 0.3) is 11.0 Å². The molecule has 0 aliphatic carbocycles. The SMILES string of the molecule is O=C(CCCc1ccc2[nH]c(=O)[nH]c2c1)Nc1ccc(C(=O)Nc2cccnc2)cc1. The van der Waals surface area contributed by atoms with Gasteiger partial charge in [0, 0.05) is 23.9 Å². The van der Waals surface area contributed by atoms with Gasteiger partial charge in [-0.2, -0.15) is 0 Å². The number of anilines is 2. The molecular formula is C23H21N5O3. The maximum Gasteiger partial charge on any atom is 0.323 e. The highest BCUT2D eigenvalue weighted by atomic mass is 16.2. The molecular weight excluding hydrogens is 394 g/mol. The van der Waals surface area contributed by atoms with Gasteiger partial charge in [-0.25, -0.2) is 4.79 Å². The van der Waals surface area contributed by atoms with E-state index in [0.29, 0.717) is 29.8 Å². The molecule has 4 rings (SSSR count). The fourth-order valence-corrected chi connectivity index (χ4v) is 3.26. The Kier molecular flexibility index (Phi) is 5.89. The second kappa shape index (κ2) is 9.08. The van der Waals surface area contributed by atoms with Crippen molar-refractivity contribution in [3.05, 3.63) is 88.6 Å². The van der Waals surface area contributed by atoms with Crippen molar-refractivity contribution >= 4 is 34.2 Å². The van der Waals surface area contributed by atoms with E-state index in [0.717, 1.165) is 23.0 Å². The summed E-state index contributed by atoms with van der Waals surface area (Å²) >= 11 is 0. The van der Waals surface area contributed by atoms with Crippen LogP contribution in [0.1, 0.15) is 28.8 Å². The van der Waals surface area contributed by atoms with Gasteiger partial charge in [-0.1, -0.05) is 6.07 Å². The van der Waals surface area contributed by atoms with Crippen LogP contribution in [-0.4, -0.2) is 26.8 Å². The molecule has 0 saturated heterocycles. The number of hydrogen-bond acceptors (Lipinski definition) is 4. The Labute approximate surface area is 177 Å². The predicted octanol–water partition coefficient (Wildman–Crippen LogP) is 3.46. The summed E-state index contributed by atoms with van der Waals surface area (Å²) in [5.74, 6) is -0.338. The lowest BCUT2D eigenvalue weighted by Gasteiger charge is -2.08. The zero-order valence-electron chi connectivity index (χ0n) is 16.6. The molecule has 4 aromatic rings. The summed E-state index contributed by atoms with van der Waals surface area (Å²) in [4.78, 5) is 45.2. The fourth-order valence-electron chi connectivity index (χ4n) is 3.26. The van der Waals surface area contributed by atoms with Crippen LogP contribution in [0.4, 0.5) is 11.4 Å². The lowest BCUT2D eigenvalue weighted by Crippen LogP contribution is -2.13. The van der Waals surface area contributed by atoms with Crippen LogP contribution in [0, 0.1) is 0 Å². The second-order valence-corrected chi connectivity index (χ2v) is 7.13. The smallest absolute Gasteiger partial charge is 0.323 e. The Hall–Kier alpha value is -4.20. The molecule has 2 amide bonds. The maximum absolute atomic E-state index is 12.3. The van der Waals surface area contributed by atoms with E-state index in [9.17, 15) is 14.4 Å². The van der Waals surface area contributed by atoms with Gasteiger partial charge in [-0.15, -0.1) is 0 Å². The van der Waals surface area contributed by atoms with Crippen molar-refractivity contribution in [2.75, 3.05) is 10.6 Å². The monoisotopic (exact) mass is 415 g/mol. The molecule has 31 heavy (non-hydrogen) atoms. The number of rotatable bonds is 7. The molecule has 0 unspecified atom stereocenters. The molecule has 156 valence electrons. The van der Waals surface area contributed by atoms with E-state index in [1.165, 1.54) is 0 Å². The minimum Gasteiger partial charge on any atom is -0.326 e. The molecule has 0 spiro atoms. The van der Waals surface area contributed by atoms with Crippen molar-refractivity contribution in [1.82, 2.24) is 15.0 Å². The number of nitrogens with zero attached hydrogens (tertiary/aromatic N) is 1. The summed E-state index contributed by atoms with van der Waals surface area (Å²) in [6, 6.07) is 15.9. The number of carbonyl (C=O) groups is 2. The first-order valence-electron chi connectivity index (χ1n) is 9.89. The minimum absolute atomic E-state index is 0.0938. The molecule has 2 heterocycles. The van der Waals surface area contributed by atoms with Crippen molar-refractivity contribution in [3.8, 4) is 0 Å². The molecule has 8 nitrogen and oxygen atoms in total. The lowest BCUT2D eigenvalue weighted by atomic mass is 10.1. The third-order valence-electron chi connectivity index (χ3n) is 4.80. The topological polar surface area (TPSA) is 120 Å². The van der Waals surface area contributed by atoms with Gasteiger partial charge in [0.1, 0.15) is 0 Å². The van der Waals surface area contributed by atoms with Crippen molar-refractivity contribution in [2.45, 2.75) is 19.3 Å². The molecule has 0 radical (unpaired) electrons. The largest absolute Gasteiger partial charge is 0.326 e. The third-order valence-corrected chi connectivity index (χ3v) is 4.80. The molecule has 0 saturated carbocycles. The first-order valence-corrected chi connectivity index (χ1v) is 9.89. The predicted molar refractivity (Wildman–Crippen MR) is 119 cm³/mol. The number of nitrogens with one attached hydrogen (secondary N) is 4. The summed E-state index contributed by atoms with van der Waals surface area (Å²) in [5.41, 5.74) is 4.09. The van der Waals surface area contributed by atoms with Crippen molar-refractivity contribution < 1.29 is 9.59 Å². The number of benzene rings is 2. The van der Waals surface area contributed by atoms with Crippen LogP contribution in [0.15, 0.2) is 71.8 Å². The molecule has 8 heteroatoms. The van der Waals surface area contributed by atoms with Gasteiger partial charge in [0.05, 0.1) is 22.9 Å². The van der Waals surface area contributed by atoms with E-state index in [2.05, 4.69) is 25.6 Å². The standard InChI is InChI=1S/C23H21N5O3/c29-21(5-1-3-15-6-11-19-20(13-15)28-23(31)27-19)25-17-9-7-16(8-10-17)22(30)26-18-4-2-12-24-14-18/h2,4,6-14H,1,3,5H2,(H,25,29)(H,26,30)(H2,27,28,31). The van der Waals surface area contributed by atoms with Crippen LogP contribution < -0.4 is 16.3 Å². The zero-order chi connectivity index (χ0) is 21.6. The van der Waals surface area contributed by atoms with Gasteiger partial charge in [0.25, 0.3) is 5.91 Å². The Balaban J connectivity index is 1.26. The number of amides is 2. The first-order chi connectivity index (χ1) is 15.1. The first kappa shape index (κ1) is 20.1. The minimum atomic E-state index is -0.244. The number of imidazole rings is 1. The van der Waals surface area contributed by atoms with Gasteiger partial charge in [0.15, 0.2) is 0 Å². The number of pyridine rings is 1. The van der Waals surface area contributed by atoms with Crippen LogP contribution in [0.3, 0.4) is 0 Å². The molecule has 2 aromatic heterocycles. The summed E-state index contributed by atoms with van der Waals surface area (Å²) in [5, 5.41) is 5.61. The summed E-state index contributed by atoms with van der Waals surface area (Å²) in [6.07, 6.45) is 4.98. The Morgan fingerprint density at radius 1 is 0.903 bits per heavy atom. The average molecular weight is 415 g/mol. The molecule has 4 N–H and O–H groups in total. The van der Waals surface area contributed by atoms with E-state index in [-0.39, 0.29) is 17.5 Å². The van der Waals surface area contributed by atoms with E-state index < -0.39 is 0 Å². The summed E-state index contributed by atoms with van der Waals surface area (Å²) < 4.78 is 0. The number of aromatic nitrogens is 3. The van der Waals surface area contributed by atoms with Gasteiger partial charge in [-0.3, -0.25) is 14.6 Å². The Bertz CT molecular complexity index is 1260. The van der Waals surface area contributed by atoms with Crippen LogP contribution >= 0.6 is 0 Å². The molecule has 0 aliphatic rings. The van der Waals surface area contributed by atoms with Gasteiger partial charge >= 0.3 is 5.69 Å². The highest BCUT2D eigenvalue weighted by molar-refractivity contribution is 6.04. The molecule has 0 bridgehead atoms. The average Bonchev–Trinajstić information content (AvgIpc) is 3.14. The molecule has 0 fully saturated rings. The van der Waals surface area contributed by atoms with Crippen LogP contribution in [-0.2, 0) is 11.2 Å². The molecule has 0 atom stereocenters. The van der Waals surface area contributed by atoms with Crippen molar-refractivity contribution in [1.29, 1.82) is 0 Å². The van der Waals surface area contributed by atoms with E-state index in [1.54, 1.807) is 48.8 Å².